The number of carbonyl (C=O) groups excluding carboxylic acids is 2. The van der Waals surface area contributed by atoms with Crippen molar-refractivity contribution in [2.45, 2.75) is 18.6 Å². The van der Waals surface area contributed by atoms with E-state index < -0.39 is 5.25 Å². The van der Waals surface area contributed by atoms with E-state index in [1.165, 1.54) is 4.90 Å². The highest BCUT2D eigenvalue weighted by molar-refractivity contribution is 9.10. The molecule has 1 atom stereocenters. The van der Waals surface area contributed by atoms with Crippen LogP contribution in [0, 0.1) is 0 Å². The molecule has 27 heavy (non-hydrogen) atoms. The smallest absolute Gasteiger partial charge is 0.293 e. The van der Waals surface area contributed by atoms with Gasteiger partial charge in [0.2, 0.25) is 5.91 Å². The molecule has 1 aliphatic rings. The second-order valence-electron chi connectivity index (χ2n) is 5.77. The summed E-state index contributed by atoms with van der Waals surface area (Å²) in [5, 5.41) is -0.335. The third-order valence-electron chi connectivity index (χ3n) is 3.98. The van der Waals surface area contributed by atoms with Crippen LogP contribution < -0.4 is 14.4 Å². The van der Waals surface area contributed by atoms with Gasteiger partial charge in [-0.3, -0.25) is 9.59 Å². The van der Waals surface area contributed by atoms with Gasteiger partial charge < -0.3 is 9.47 Å². The quantitative estimate of drug-likeness (QED) is 0.572. The third-order valence-corrected chi connectivity index (χ3v) is 5.84. The van der Waals surface area contributed by atoms with Crippen molar-refractivity contribution >= 4 is 56.1 Å². The second-order valence-corrected chi connectivity index (χ2v) is 8.22. The van der Waals surface area contributed by atoms with Crippen LogP contribution in [-0.2, 0) is 11.2 Å². The third kappa shape index (κ3) is 4.25. The van der Waals surface area contributed by atoms with Gasteiger partial charge in [-0.25, -0.2) is 4.90 Å². The van der Waals surface area contributed by atoms with Gasteiger partial charge >= 0.3 is 0 Å². The minimum atomic E-state index is -0.508. The van der Waals surface area contributed by atoms with Crippen LogP contribution >= 0.6 is 39.3 Å². The zero-order valence-electron chi connectivity index (χ0n) is 14.7. The first-order chi connectivity index (χ1) is 12.9. The Hall–Kier alpha value is -1.70. The lowest BCUT2D eigenvalue weighted by molar-refractivity contribution is -0.117. The highest BCUT2D eigenvalue weighted by atomic mass is 79.9. The predicted octanol–water partition coefficient (Wildman–Crippen LogP) is 5.32. The summed E-state index contributed by atoms with van der Waals surface area (Å²) >= 11 is 10.5. The number of rotatable bonds is 6. The standard InChI is InChI=1S/C19H17BrClNO4S/c1-3-26-15-8-11(7-14(20)17(15)25-2)9-16-18(23)22(19(24)27-16)13-6-4-5-12(21)10-13/h4-8,10,16H,3,9H2,1-2H3/t16-/m0/s1. The molecule has 0 N–H and O–H groups in total. The van der Waals surface area contributed by atoms with Crippen molar-refractivity contribution < 1.29 is 19.1 Å². The van der Waals surface area contributed by atoms with Crippen molar-refractivity contribution in [2.24, 2.45) is 0 Å². The molecule has 1 heterocycles. The maximum atomic E-state index is 12.8. The summed E-state index contributed by atoms with van der Waals surface area (Å²) in [6.45, 7) is 2.38. The summed E-state index contributed by atoms with van der Waals surface area (Å²) in [7, 11) is 1.57. The van der Waals surface area contributed by atoms with E-state index in [1.54, 1.807) is 31.4 Å². The normalized spacial score (nSPS) is 16.7. The van der Waals surface area contributed by atoms with Crippen molar-refractivity contribution in [3.63, 3.8) is 0 Å². The van der Waals surface area contributed by atoms with Crippen molar-refractivity contribution in [1.29, 1.82) is 0 Å². The largest absolute Gasteiger partial charge is 0.492 e. The number of ether oxygens (including phenoxy) is 2. The first-order valence-electron chi connectivity index (χ1n) is 8.24. The van der Waals surface area contributed by atoms with E-state index in [2.05, 4.69) is 15.9 Å². The van der Waals surface area contributed by atoms with E-state index in [0.717, 1.165) is 21.8 Å². The number of anilines is 1. The van der Waals surface area contributed by atoms with Crippen molar-refractivity contribution in [2.75, 3.05) is 18.6 Å². The minimum Gasteiger partial charge on any atom is -0.492 e. The number of amides is 2. The minimum absolute atomic E-state index is 0.253. The molecule has 3 rings (SSSR count). The van der Waals surface area contributed by atoms with Crippen molar-refractivity contribution in [3.05, 3.63) is 51.5 Å². The van der Waals surface area contributed by atoms with Crippen LogP contribution in [-0.4, -0.2) is 30.1 Å². The lowest BCUT2D eigenvalue weighted by Gasteiger charge is -2.15. The Labute approximate surface area is 175 Å². The highest BCUT2D eigenvalue weighted by Gasteiger charge is 2.40. The molecular formula is C19H17BrClNO4S. The van der Waals surface area contributed by atoms with Gasteiger partial charge in [-0.05, 0) is 65.2 Å². The first kappa shape index (κ1) is 20.0. The van der Waals surface area contributed by atoms with Gasteiger partial charge in [0.1, 0.15) is 0 Å². The van der Waals surface area contributed by atoms with Gasteiger partial charge in [0.25, 0.3) is 5.24 Å². The van der Waals surface area contributed by atoms with Crippen LogP contribution in [0.25, 0.3) is 0 Å². The topological polar surface area (TPSA) is 55.8 Å². The van der Waals surface area contributed by atoms with E-state index in [4.69, 9.17) is 21.1 Å². The number of benzene rings is 2. The van der Waals surface area contributed by atoms with Crippen LogP contribution in [0.5, 0.6) is 11.5 Å². The van der Waals surface area contributed by atoms with E-state index in [0.29, 0.717) is 35.2 Å². The summed E-state index contributed by atoms with van der Waals surface area (Å²) in [5.41, 5.74) is 1.36. The van der Waals surface area contributed by atoms with Gasteiger partial charge in [-0.2, -0.15) is 0 Å². The second kappa shape index (κ2) is 8.54. The number of nitrogens with zero attached hydrogens (tertiary/aromatic N) is 1. The SMILES string of the molecule is CCOc1cc(C[C@@H]2SC(=O)N(c3cccc(Cl)c3)C2=O)cc(Br)c1OC. The number of carbonyl (C=O) groups is 2. The Morgan fingerprint density at radius 1 is 1.26 bits per heavy atom. The fourth-order valence-corrected chi connectivity index (χ4v) is 4.71. The summed E-state index contributed by atoms with van der Waals surface area (Å²) in [6, 6.07) is 10.4. The van der Waals surface area contributed by atoms with Gasteiger partial charge in [-0.1, -0.05) is 29.4 Å². The van der Waals surface area contributed by atoms with Crippen LogP contribution in [0.3, 0.4) is 0 Å². The molecule has 2 aromatic rings. The fourth-order valence-electron chi connectivity index (χ4n) is 2.85. The number of imide groups is 1. The maximum Gasteiger partial charge on any atom is 0.293 e. The van der Waals surface area contributed by atoms with Crippen LogP contribution in [0.2, 0.25) is 5.02 Å². The summed E-state index contributed by atoms with van der Waals surface area (Å²) < 4.78 is 11.7. The zero-order valence-corrected chi connectivity index (χ0v) is 17.9. The summed E-state index contributed by atoms with van der Waals surface area (Å²) in [5.74, 6) is 0.942. The van der Waals surface area contributed by atoms with Crippen LogP contribution in [0.15, 0.2) is 40.9 Å². The number of thioether (sulfide) groups is 1. The van der Waals surface area contributed by atoms with E-state index >= 15 is 0 Å². The monoisotopic (exact) mass is 469 g/mol. The van der Waals surface area contributed by atoms with Crippen molar-refractivity contribution in [1.82, 2.24) is 0 Å². The van der Waals surface area contributed by atoms with Crippen LogP contribution in [0.4, 0.5) is 10.5 Å². The maximum absolute atomic E-state index is 12.8. The van der Waals surface area contributed by atoms with Gasteiger partial charge in [0.15, 0.2) is 11.5 Å². The number of methoxy groups -OCH3 is 1. The molecule has 1 aliphatic heterocycles. The number of halogens is 2. The molecule has 5 nitrogen and oxygen atoms in total. The number of hydrogen-bond acceptors (Lipinski definition) is 5. The molecule has 0 radical (unpaired) electrons. The van der Waals surface area contributed by atoms with Gasteiger partial charge in [0.05, 0.1) is 29.1 Å². The Balaban J connectivity index is 1.84. The van der Waals surface area contributed by atoms with E-state index in [1.807, 2.05) is 19.1 Å². The molecule has 1 fully saturated rings. The Bertz CT molecular complexity index is 892. The Kier molecular flexibility index (Phi) is 6.34. The molecule has 0 aromatic heterocycles. The number of hydrogen-bond donors (Lipinski definition) is 0. The van der Waals surface area contributed by atoms with Crippen LogP contribution in [0.1, 0.15) is 12.5 Å². The average Bonchev–Trinajstić information content (AvgIpc) is 2.88. The van der Waals surface area contributed by atoms with Gasteiger partial charge in [0, 0.05) is 5.02 Å². The van der Waals surface area contributed by atoms with E-state index in [-0.39, 0.29) is 11.1 Å². The summed E-state index contributed by atoms with van der Waals surface area (Å²) in [4.78, 5) is 26.4. The predicted molar refractivity (Wildman–Crippen MR) is 111 cm³/mol. The molecular weight excluding hydrogens is 454 g/mol. The Morgan fingerprint density at radius 2 is 2.04 bits per heavy atom. The molecule has 8 heteroatoms. The average molecular weight is 471 g/mol. The highest BCUT2D eigenvalue weighted by Crippen LogP contribution is 2.39. The summed E-state index contributed by atoms with van der Waals surface area (Å²) in [6.07, 6.45) is 0.398. The van der Waals surface area contributed by atoms with Gasteiger partial charge in [-0.15, -0.1) is 0 Å². The molecule has 2 aromatic carbocycles. The molecule has 2 amide bonds. The lowest BCUT2D eigenvalue weighted by atomic mass is 10.1. The molecule has 1 saturated heterocycles. The fraction of sp³-hybridized carbons (Fsp3) is 0.263. The van der Waals surface area contributed by atoms with Crippen molar-refractivity contribution in [3.8, 4) is 11.5 Å². The molecule has 0 aliphatic carbocycles. The first-order valence-corrected chi connectivity index (χ1v) is 10.3. The Morgan fingerprint density at radius 3 is 2.70 bits per heavy atom. The molecule has 142 valence electrons. The lowest BCUT2D eigenvalue weighted by Crippen LogP contribution is -2.32. The molecule has 0 spiro atoms. The molecule has 0 unspecified atom stereocenters. The zero-order chi connectivity index (χ0) is 19.6. The van der Waals surface area contributed by atoms with E-state index in [9.17, 15) is 9.59 Å². The molecule has 0 saturated carbocycles. The molecule has 0 bridgehead atoms.